The molecule has 0 bridgehead atoms. The Morgan fingerprint density at radius 1 is 1.69 bits per heavy atom. The fourth-order valence-electron chi connectivity index (χ4n) is 1.41. The van der Waals surface area contributed by atoms with E-state index in [-0.39, 0.29) is 0 Å². The Labute approximate surface area is 77.9 Å². The number of nitrogens with one attached hydrogen (secondary N) is 1. The summed E-state index contributed by atoms with van der Waals surface area (Å²) in [7, 11) is 0. The lowest BCUT2D eigenvalue weighted by atomic mass is 10.0. The zero-order valence-corrected chi connectivity index (χ0v) is 7.67. The van der Waals surface area contributed by atoms with E-state index in [1.54, 1.807) is 0 Å². The first-order valence-electron chi connectivity index (χ1n) is 4.61. The average Bonchev–Trinajstić information content (AvgIpc) is 2.19. The Kier molecular flexibility index (Phi) is 4.46. The highest BCUT2D eigenvalue weighted by Gasteiger charge is 2.11. The number of nitrogens with zero attached hydrogens (tertiary/aromatic N) is 1. The van der Waals surface area contributed by atoms with Crippen molar-refractivity contribution < 1.29 is 4.39 Å². The number of allylic oxidation sites excluding steroid dienone is 1. The minimum atomic E-state index is -0.469. The van der Waals surface area contributed by atoms with Gasteiger partial charge in [0, 0.05) is 12.7 Å². The Morgan fingerprint density at radius 3 is 3.15 bits per heavy atom. The largest absolute Gasteiger partial charge is 0.402 e. The van der Waals surface area contributed by atoms with Gasteiger partial charge in [0.25, 0.3) is 0 Å². The third kappa shape index (κ3) is 4.03. The normalized spacial score (nSPS) is 25.3. The van der Waals surface area contributed by atoms with E-state index in [0.717, 1.165) is 19.3 Å². The van der Waals surface area contributed by atoms with Crippen LogP contribution in [0.2, 0.25) is 0 Å². The number of hydrogen-bond donors (Lipinski definition) is 2. The van der Waals surface area contributed by atoms with E-state index in [1.807, 2.05) is 0 Å². The molecule has 1 fully saturated rings. The number of piperidine rings is 1. The molecule has 0 aromatic heterocycles. The van der Waals surface area contributed by atoms with Crippen molar-refractivity contribution in [3.63, 3.8) is 0 Å². The molecule has 3 nitrogen and oxygen atoms in total. The van der Waals surface area contributed by atoms with Gasteiger partial charge in [-0.3, -0.25) is 4.99 Å². The lowest BCUT2D eigenvalue weighted by Gasteiger charge is -2.20. The second kappa shape index (κ2) is 5.70. The predicted octanol–water partition coefficient (Wildman–Crippen LogP) is 0.826. The molecule has 1 saturated heterocycles. The predicted molar refractivity (Wildman–Crippen MR) is 52.3 cm³/mol. The van der Waals surface area contributed by atoms with Crippen LogP contribution in [0.4, 0.5) is 4.39 Å². The minimum absolute atomic E-state index is 0.469. The summed E-state index contributed by atoms with van der Waals surface area (Å²) in [6.07, 6.45) is 4.48. The van der Waals surface area contributed by atoms with E-state index in [1.165, 1.54) is 19.1 Å². The molecule has 1 heterocycles. The van der Waals surface area contributed by atoms with E-state index in [2.05, 4.69) is 10.3 Å². The molecule has 13 heavy (non-hydrogen) atoms. The summed E-state index contributed by atoms with van der Waals surface area (Å²) in [5.41, 5.74) is 4.95. The van der Waals surface area contributed by atoms with Crippen LogP contribution in [0.25, 0.3) is 0 Å². The topological polar surface area (TPSA) is 50.4 Å². The van der Waals surface area contributed by atoms with Gasteiger partial charge in [-0.1, -0.05) is 0 Å². The van der Waals surface area contributed by atoms with Crippen molar-refractivity contribution in [3.8, 4) is 0 Å². The maximum atomic E-state index is 12.5. The summed E-state index contributed by atoms with van der Waals surface area (Å²) in [5.74, 6) is 0.0827. The number of aliphatic imine (C=N–C) groups is 1. The van der Waals surface area contributed by atoms with Crippen LogP contribution in [0.15, 0.2) is 17.0 Å². The standard InChI is InChI=1S/C9H16FN3/c10-9(4-11)7-13-6-8-2-1-3-12-5-8/h4,7-8,12H,1-3,5-6,11H2. The summed E-state index contributed by atoms with van der Waals surface area (Å²) < 4.78 is 12.5. The molecule has 0 aromatic carbocycles. The van der Waals surface area contributed by atoms with Crippen LogP contribution in [0, 0.1) is 5.92 Å². The molecule has 0 amide bonds. The molecule has 74 valence electrons. The van der Waals surface area contributed by atoms with Gasteiger partial charge < -0.3 is 11.1 Å². The third-order valence-corrected chi connectivity index (χ3v) is 2.14. The van der Waals surface area contributed by atoms with Gasteiger partial charge in [-0.15, -0.1) is 0 Å². The molecule has 3 N–H and O–H groups in total. The first kappa shape index (κ1) is 10.2. The molecule has 1 atom stereocenters. The zero-order valence-electron chi connectivity index (χ0n) is 7.67. The molecule has 1 aliphatic heterocycles. The first-order valence-corrected chi connectivity index (χ1v) is 4.61. The summed E-state index contributed by atoms with van der Waals surface area (Å²) in [5, 5.41) is 3.28. The van der Waals surface area contributed by atoms with Crippen LogP contribution in [0.3, 0.4) is 0 Å². The number of halogens is 1. The molecular formula is C9H16FN3. The smallest absolute Gasteiger partial charge is 0.156 e. The number of hydrogen-bond acceptors (Lipinski definition) is 3. The van der Waals surface area contributed by atoms with E-state index in [4.69, 9.17) is 5.73 Å². The van der Waals surface area contributed by atoms with Gasteiger partial charge in [0.05, 0.1) is 6.21 Å². The molecule has 1 rings (SSSR count). The van der Waals surface area contributed by atoms with Gasteiger partial charge in [-0.25, -0.2) is 4.39 Å². The van der Waals surface area contributed by atoms with Gasteiger partial charge in [-0.05, 0) is 31.8 Å². The van der Waals surface area contributed by atoms with E-state index in [0.29, 0.717) is 12.5 Å². The Hall–Kier alpha value is -0.900. The molecule has 0 aliphatic carbocycles. The molecule has 0 spiro atoms. The molecule has 0 radical (unpaired) electrons. The fourth-order valence-corrected chi connectivity index (χ4v) is 1.41. The van der Waals surface area contributed by atoms with Gasteiger partial charge in [0.2, 0.25) is 0 Å². The summed E-state index contributed by atoms with van der Waals surface area (Å²) in [6, 6.07) is 0. The van der Waals surface area contributed by atoms with E-state index >= 15 is 0 Å². The SMILES string of the molecule is NC=C(F)C=NCC1CCCNC1. The molecule has 4 heteroatoms. The fraction of sp³-hybridized carbons (Fsp3) is 0.667. The molecule has 1 unspecified atom stereocenters. The monoisotopic (exact) mass is 185 g/mol. The average molecular weight is 185 g/mol. The van der Waals surface area contributed by atoms with Crippen LogP contribution >= 0.6 is 0 Å². The Balaban J connectivity index is 2.20. The molecule has 0 saturated carbocycles. The van der Waals surface area contributed by atoms with Crippen LogP contribution in [-0.2, 0) is 0 Å². The summed E-state index contributed by atoms with van der Waals surface area (Å²) in [4.78, 5) is 3.98. The van der Waals surface area contributed by atoms with E-state index < -0.39 is 5.83 Å². The van der Waals surface area contributed by atoms with Crippen molar-refractivity contribution in [1.29, 1.82) is 0 Å². The summed E-state index contributed by atoms with van der Waals surface area (Å²) in [6.45, 7) is 2.77. The maximum absolute atomic E-state index is 12.5. The van der Waals surface area contributed by atoms with E-state index in [9.17, 15) is 4.39 Å². The van der Waals surface area contributed by atoms with Crippen molar-refractivity contribution >= 4 is 6.21 Å². The Bertz CT molecular complexity index is 195. The van der Waals surface area contributed by atoms with Gasteiger partial charge in [-0.2, -0.15) is 0 Å². The minimum Gasteiger partial charge on any atom is -0.402 e. The quantitative estimate of drug-likeness (QED) is 0.640. The van der Waals surface area contributed by atoms with Crippen molar-refractivity contribution in [2.75, 3.05) is 19.6 Å². The van der Waals surface area contributed by atoms with Crippen LogP contribution in [-0.4, -0.2) is 25.8 Å². The van der Waals surface area contributed by atoms with Crippen LogP contribution in [0.1, 0.15) is 12.8 Å². The number of nitrogens with two attached hydrogens (primary N) is 1. The highest BCUT2D eigenvalue weighted by Crippen LogP contribution is 2.09. The first-order chi connectivity index (χ1) is 6.33. The second-order valence-electron chi connectivity index (χ2n) is 3.26. The molecule has 1 aliphatic rings. The van der Waals surface area contributed by atoms with Crippen molar-refractivity contribution in [3.05, 3.63) is 12.0 Å². The van der Waals surface area contributed by atoms with Gasteiger partial charge in [0.15, 0.2) is 5.83 Å². The van der Waals surface area contributed by atoms with Crippen molar-refractivity contribution in [2.24, 2.45) is 16.6 Å². The van der Waals surface area contributed by atoms with Crippen LogP contribution < -0.4 is 11.1 Å². The van der Waals surface area contributed by atoms with Crippen molar-refractivity contribution in [2.45, 2.75) is 12.8 Å². The highest BCUT2D eigenvalue weighted by atomic mass is 19.1. The molecular weight excluding hydrogens is 169 g/mol. The van der Waals surface area contributed by atoms with Crippen LogP contribution in [0.5, 0.6) is 0 Å². The number of rotatable bonds is 3. The Morgan fingerprint density at radius 2 is 2.54 bits per heavy atom. The highest BCUT2D eigenvalue weighted by molar-refractivity contribution is 5.75. The molecule has 0 aromatic rings. The third-order valence-electron chi connectivity index (χ3n) is 2.14. The van der Waals surface area contributed by atoms with Crippen molar-refractivity contribution in [1.82, 2.24) is 5.32 Å². The lowest BCUT2D eigenvalue weighted by Crippen LogP contribution is -2.31. The van der Waals surface area contributed by atoms with Gasteiger partial charge >= 0.3 is 0 Å². The zero-order chi connectivity index (χ0) is 9.52. The lowest BCUT2D eigenvalue weighted by molar-refractivity contribution is 0.386. The maximum Gasteiger partial charge on any atom is 0.156 e. The summed E-state index contributed by atoms with van der Waals surface area (Å²) >= 11 is 0. The second-order valence-corrected chi connectivity index (χ2v) is 3.26. The van der Waals surface area contributed by atoms with Gasteiger partial charge in [0.1, 0.15) is 0 Å².